The zero-order valence-corrected chi connectivity index (χ0v) is 14.6. The Labute approximate surface area is 143 Å². The molecule has 0 fully saturated rings. The lowest BCUT2D eigenvalue weighted by atomic mass is 9.91. The van der Waals surface area contributed by atoms with Gasteiger partial charge in [0.2, 0.25) is 5.91 Å². The fourth-order valence-corrected chi connectivity index (χ4v) is 2.27. The number of hydrogen-bond acceptors (Lipinski definition) is 3. The monoisotopic (exact) mass is 336 g/mol. The first-order valence-corrected chi connectivity index (χ1v) is 7.48. The number of amides is 1. The third-order valence-corrected chi connectivity index (χ3v) is 3.24. The van der Waals surface area contributed by atoms with Crippen LogP contribution in [0.2, 0.25) is 0 Å². The molecule has 0 aliphatic rings. The van der Waals surface area contributed by atoms with Crippen molar-refractivity contribution >= 4 is 24.1 Å². The summed E-state index contributed by atoms with van der Waals surface area (Å²) in [5.74, 6) is 0.297. The number of aromatic amines is 1. The van der Waals surface area contributed by atoms with E-state index in [-0.39, 0.29) is 23.7 Å². The molecule has 0 spiro atoms. The van der Waals surface area contributed by atoms with Crippen LogP contribution in [0.4, 0.5) is 5.82 Å². The molecule has 0 saturated heterocycles. The van der Waals surface area contributed by atoms with Crippen molar-refractivity contribution in [2.24, 2.45) is 11.1 Å². The van der Waals surface area contributed by atoms with Gasteiger partial charge in [-0.2, -0.15) is 5.10 Å². The van der Waals surface area contributed by atoms with Crippen LogP contribution in [0.3, 0.4) is 0 Å². The predicted molar refractivity (Wildman–Crippen MR) is 95.7 cm³/mol. The summed E-state index contributed by atoms with van der Waals surface area (Å²) in [5.41, 5.74) is 8.16. The van der Waals surface area contributed by atoms with E-state index in [2.05, 4.69) is 36.3 Å². The Morgan fingerprint density at radius 1 is 1.30 bits per heavy atom. The minimum Gasteiger partial charge on any atom is -0.320 e. The summed E-state index contributed by atoms with van der Waals surface area (Å²) >= 11 is 0. The van der Waals surface area contributed by atoms with Crippen LogP contribution in [-0.2, 0) is 17.6 Å². The van der Waals surface area contributed by atoms with Gasteiger partial charge in [0.15, 0.2) is 5.82 Å². The van der Waals surface area contributed by atoms with Gasteiger partial charge in [0.05, 0.1) is 6.04 Å². The second kappa shape index (κ2) is 8.13. The Kier molecular flexibility index (Phi) is 6.79. The topological polar surface area (TPSA) is 83.8 Å². The van der Waals surface area contributed by atoms with Crippen LogP contribution in [0.5, 0.6) is 0 Å². The highest BCUT2D eigenvalue weighted by molar-refractivity contribution is 5.94. The Balaban J connectivity index is 0.00000264. The molecule has 2 rings (SSSR count). The smallest absolute Gasteiger partial charge is 0.242 e. The molecule has 0 radical (unpaired) electrons. The summed E-state index contributed by atoms with van der Waals surface area (Å²) in [7, 11) is 0. The molecule has 0 saturated carbocycles. The lowest BCUT2D eigenvalue weighted by Gasteiger charge is -2.15. The molecule has 1 heterocycles. The molecule has 1 aromatic carbocycles. The SMILES string of the molecule is CC(C)(C)Cc1cc(NC(=O)[C@@H](N)Cc2ccccc2)n[nH]1.Cl. The Morgan fingerprint density at radius 2 is 1.96 bits per heavy atom. The lowest BCUT2D eigenvalue weighted by molar-refractivity contribution is -0.117. The van der Waals surface area contributed by atoms with Crippen molar-refractivity contribution in [3.05, 3.63) is 47.7 Å². The van der Waals surface area contributed by atoms with Crippen LogP contribution >= 0.6 is 12.4 Å². The average molecular weight is 337 g/mol. The molecule has 1 amide bonds. The normalized spacial score (nSPS) is 12.3. The minimum atomic E-state index is -0.592. The van der Waals surface area contributed by atoms with Crippen LogP contribution in [0.1, 0.15) is 32.0 Å². The van der Waals surface area contributed by atoms with Crippen molar-refractivity contribution in [1.29, 1.82) is 0 Å². The molecule has 126 valence electrons. The molecule has 1 atom stereocenters. The third-order valence-electron chi connectivity index (χ3n) is 3.24. The van der Waals surface area contributed by atoms with Gasteiger partial charge in [0, 0.05) is 11.8 Å². The van der Waals surface area contributed by atoms with E-state index < -0.39 is 6.04 Å². The average Bonchev–Trinajstić information content (AvgIpc) is 2.84. The van der Waals surface area contributed by atoms with Crippen LogP contribution in [0, 0.1) is 5.41 Å². The number of H-pyrrole nitrogens is 1. The molecule has 0 aliphatic carbocycles. The van der Waals surface area contributed by atoms with Crippen molar-refractivity contribution in [3.8, 4) is 0 Å². The van der Waals surface area contributed by atoms with Gasteiger partial charge in [-0.1, -0.05) is 51.1 Å². The van der Waals surface area contributed by atoms with Crippen molar-refractivity contribution in [3.63, 3.8) is 0 Å². The minimum absolute atomic E-state index is 0. The van der Waals surface area contributed by atoms with Gasteiger partial charge in [-0.3, -0.25) is 9.89 Å². The first-order chi connectivity index (χ1) is 10.3. The zero-order chi connectivity index (χ0) is 16.2. The van der Waals surface area contributed by atoms with Gasteiger partial charge in [0.1, 0.15) is 0 Å². The summed E-state index contributed by atoms with van der Waals surface area (Å²) in [6.45, 7) is 6.46. The largest absolute Gasteiger partial charge is 0.320 e. The fourth-order valence-electron chi connectivity index (χ4n) is 2.27. The summed E-state index contributed by atoms with van der Waals surface area (Å²) in [6, 6.07) is 11.0. The lowest BCUT2D eigenvalue weighted by Crippen LogP contribution is -2.37. The second-order valence-corrected chi connectivity index (χ2v) is 6.80. The molecule has 2 aromatic rings. The summed E-state index contributed by atoms with van der Waals surface area (Å²) < 4.78 is 0. The Bertz CT molecular complexity index is 619. The highest BCUT2D eigenvalue weighted by Gasteiger charge is 2.17. The summed E-state index contributed by atoms with van der Waals surface area (Å²) in [4.78, 5) is 12.1. The number of carbonyl (C=O) groups excluding carboxylic acids is 1. The van der Waals surface area contributed by atoms with Crippen LogP contribution in [-0.4, -0.2) is 22.1 Å². The number of carbonyl (C=O) groups is 1. The van der Waals surface area contributed by atoms with E-state index in [1.165, 1.54) is 0 Å². The number of nitrogens with zero attached hydrogens (tertiary/aromatic N) is 1. The number of nitrogens with one attached hydrogen (secondary N) is 2. The standard InChI is InChI=1S/C17H24N4O.ClH/c1-17(2,3)11-13-10-15(21-20-13)19-16(22)14(18)9-12-7-5-4-6-8-12;/h4-8,10,14H,9,11,18H2,1-3H3,(H2,19,20,21,22);1H/t14-;/m0./s1. The molecular weight excluding hydrogens is 312 g/mol. The number of nitrogens with two attached hydrogens (primary N) is 1. The van der Waals surface area contributed by atoms with Gasteiger partial charge in [0.25, 0.3) is 0 Å². The van der Waals surface area contributed by atoms with Gasteiger partial charge in [-0.05, 0) is 23.8 Å². The van der Waals surface area contributed by atoms with Gasteiger partial charge in [-0.15, -0.1) is 12.4 Å². The molecule has 5 nitrogen and oxygen atoms in total. The molecule has 1 aromatic heterocycles. The van der Waals surface area contributed by atoms with Gasteiger partial charge < -0.3 is 11.1 Å². The highest BCUT2D eigenvalue weighted by Crippen LogP contribution is 2.20. The van der Waals surface area contributed by atoms with E-state index >= 15 is 0 Å². The Hall–Kier alpha value is -1.85. The van der Waals surface area contributed by atoms with Crippen molar-refractivity contribution in [2.45, 2.75) is 39.7 Å². The molecule has 6 heteroatoms. The second-order valence-electron chi connectivity index (χ2n) is 6.80. The number of anilines is 1. The first-order valence-electron chi connectivity index (χ1n) is 7.48. The molecule has 23 heavy (non-hydrogen) atoms. The number of halogens is 1. The first kappa shape index (κ1) is 19.2. The van der Waals surface area contributed by atoms with Gasteiger partial charge >= 0.3 is 0 Å². The Morgan fingerprint density at radius 3 is 2.57 bits per heavy atom. The maximum Gasteiger partial charge on any atom is 0.242 e. The third kappa shape index (κ3) is 6.42. The van der Waals surface area contributed by atoms with Crippen LogP contribution in [0.15, 0.2) is 36.4 Å². The number of hydrogen-bond donors (Lipinski definition) is 3. The highest BCUT2D eigenvalue weighted by atomic mass is 35.5. The van der Waals surface area contributed by atoms with E-state index in [0.29, 0.717) is 12.2 Å². The van der Waals surface area contributed by atoms with Crippen molar-refractivity contribution < 1.29 is 4.79 Å². The van der Waals surface area contributed by atoms with Crippen LogP contribution < -0.4 is 11.1 Å². The van der Waals surface area contributed by atoms with E-state index in [9.17, 15) is 4.79 Å². The molecule has 0 unspecified atom stereocenters. The quantitative estimate of drug-likeness (QED) is 0.785. The zero-order valence-electron chi connectivity index (χ0n) is 13.8. The summed E-state index contributed by atoms with van der Waals surface area (Å²) in [6.07, 6.45) is 1.37. The maximum atomic E-state index is 12.1. The van der Waals surface area contributed by atoms with Crippen molar-refractivity contribution in [1.82, 2.24) is 10.2 Å². The molecular formula is C17H25ClN4O. The molecule has 0 bridgehead atoms. The fraction of sp³-hybridized carbons (Fsp3) is 0.412. The van der Waals surface area contributed by atoms with Crippen molar-refractivity contribution in [2.75, 3.05) is 5.32 Å². The number of rotatable bonds is 5. The van der Waals surface area contributed by atoms with E-state index in [4.69, 9.17) is 5.73 Å². The van der Waals surface area contributed by atoms with Crippen LogP contribution in [0.25, 0.3) is 0 Å². The molecule has 4 N–H and O–H groups in total. The number of aromatic nitrogens is 2. The number of benzene rings is 1. The van der Waals surface area contributed by atoms with E-state index in [0.717, 1.165) is 17.7 Å². The maximum absolute atomic E-state index is 12.1. The van der Waals surface area contributed by atoms with E-state index in [1.807, 2.05) is 36.4 Å². The predicted octanol–water partition coefficient (Wildman–Crippen LogP) is 2.93. The van der Waals surface area contributed by atoms with Gasteiger partial charge in [-0.25, -0.2) is 0 Å². The molecule has 0 aliphatic heterocycles. The van der Waals surface area contributed by atoms with E-state index in [1.54, 1.807) is 0 Å². The summed E-state index contributed by atoms with van der Waals surface area (Å²) in [5, 5.41) is 9.83.